The monoisotopic (exact) mass is 298 g/mol. The summed E-state index contributed by atoms with van der Waals surface area (Å²) in [6.45, 7) is 8.46. The Balaban J connectivity index is 2.15. The second kappa shape index (κ2) is 5.65. The van der Waals surface area contributed by atoms with Gasteiger partial charge in [0.1, 0.15) is 11.6 Å². The molecule has 7 heteroatoms. The molecule has 0 N–H and O–H groups in total. The van der Waals surface area contributed by atoms with Crippen LogP contribution in [0.4, 0.5) is 5.82 Å². The van der Waals surface area contributed by atoms with Crippen molar-refractivity contribution in [3.63, 3.8) is 0 Å². The van der Waals surface area contributed by atoms with Crippen molar-refractivity contribution in [2.45, 2.75) is 26.7 Å². The van der Waals surface area contributed by atoms with Crippen LogP contribution < -0.4 is 4.90 Å². The number of aryl methyl sites for hydroxylation is 1. The predicted octanol–water partition coefficient (Wildman–Crippen LogP) is 0.990. The van der Waals surface area contributed by atoms with Crippen molar-refractivity contribution in [3.05, 3.63) is 17.6 Å². The summed E-state index contributed by atoms with van der Waals surface area (Å²) in [5, 5.41) is 0. The summed E-state index contributed by atoms with van der Waals surface area (Å²) in [5.41, 5.74) is 0.948. The van der Waals surface area contributed by atoms with Gasteiger partial charge in [0.2, 0.25) is 10.0 Å². The molecule has 0 saturated carbocycles. The fourth-order valence-electron chi connectivity index (χ4n) is 2.24. The number of rotatable bonds is 3. The average molecular weight is 298 g/mol. The molecule has 0 bridgehead atoms. The maximum atomic E-state index is 11.5. The van der Waals surface area contributed by atoms with E-state index >= 15 is 0 Å². The van der Waals surface area contributed by atoms with Gasteiger partial charge in [-0.2, -0.15) is 4.31 Å². The molecule has 2 heterocycles. The Kier molecular flexibility index (Phi) is 4.29. The van der Waals surface area contributed by atoms with Gasteiger partial charge >= 0.3 is 0 Å². The number of anilines is 1. The van der Waals surface area contributed by atoms with Crippen LogP contribution in [0.25, 0.3) is 0 Å². The first-order valence-corrected chi connectivity index (χ1v) is 8.68. The molecule has 0 radical (unpaired) electrons. The minimum atomic E-state index is -3.09. The highest BCUT2D eigenvalue weighted by atomic mass is 32.2. The number of hydrogen-bond donors (Lipinski definition) is 0. The van der Waals surface area contributed by atoms with Crippen LogP contribution >= 0.6 is 0 Å². The van der Waals surface area contributed by atoms with E-state index in [-0.39, 0.29) is 5.92 Å². The molecule has 112 valence electrons. The Morgan fingerprint density at radius 3 is 2.25 bits per heavy atom. The smallest absolute Gasteiger partial charge is 0.211 e. The third-order valence-electron chi connectivity index (χ3n) is 3.41. The Morgan fingerprint density at radius 1 is 1.15 bits per heavy atom. The molecule has 0 amide bonds. The fourth-order valence-corrected chi connectivity index (χ4v) is 3.07. The van der Waals surface area contributed by atoms with Crippen molar-refractivity contribution in [2.24, 2.45) is 0 Å². The number of aromatic nitrogens is 2. The first kappa shape index (κ1) is 15.2. The quantitative estimate of drug-likeness (QED) is 0.832. The predicted molar refractivity (Wildman–Crippen MR) is 79.5 cm³/mol. The number of hydrogen-bond acceptors (Lipinski definition) is 5. The van der Waals surface area contributed by atoms with Crippen LogP contribution in [-0.4, -0.2) is 55.1 Å². The highest BCUT2D eigenvalue weighted by Crippen LogP contribution is 2.19. The van der Waals surface area contributed by atoms with Crippen LogP contribution in [-0.2, 0) is 10.0 Å². The lowest BCUT2D eigenvalue weighted by molar-refractivity contribution is 0.386. The van der Waals surface area contributed by atoms with E-state index in [2.05, 4.69) is 28.7 Å². The van der Waals surface area contributed by atoms with Gasteiger partial charge in [-0.05, 0) is 6.92 Å². The lowest BCUT2D eigenvalue weighted by atomic mass is 10.2. The van der Waals surface area contributed by atoms with E-state index < -0.39 is 10.0 Å². The Morgan fingerprint density at radius 2 is 1.75 bits per heavy atom. The van der Waals surface area contributed by atoms with Gasteiger partial charge in [0, 0.05) is 43.9 Å². The Hall–Kier alpha value is -1.21. The van der Waals surface area contributed by atoms with E-state index in [1.807, 2.05) is 13.0 Å². The van der Waals surface area contributed by atoms with Gasteiger partial charge in [-0.25, -0.2) is 18.4 Å². The normalized spacial score (nSPS) is 17.8. The molecule has 0 spiro atoms. The molecule has 1 aromatic heterocycles. The number of nitrogens with zero attached hydrogens (tertiary/aromatic N) is 4. The second-order valence-electron chi connectivity index (χ2n) is 5.53. The van der Waals surface area contributed by atoms with Crippen molar-refractivity contribution in [1.82, 2.24) is 14.3 Å². The average Bonchev–Trinajstić information content (AvgIpc) is 2.37. The van der Waals surface area contributed by atoms with Crippen LogP contribution in [0.1, 0.15) is 31.3 Å². The molecule has 1 aromatic rings. The van der Waals surface area contributed by atoms with E-state index in [1.165, 1.54) is 10.6 Å². The maximum absolute atomic E-state index is 11.5. The summed E-state index contributed by atoms with van der Waals surface area (Å²) in [6.07, 6.45) is 1.26. The lowest BCUT2D eigenvalue weighted by Crippen LogP contribution is -2.48. The summed E-state index contributed by atoms with van der Waals surface area (Å²) in [5.74, 6) is 2.02. The third kappa shape index (κ3) is 3.46. The largest absolute Gasteiger partial charge is 0.354 e. The van der Waals surface area contributed by atoms with Crippen LogP contribution in [0.2, 0.25) is 0 Å². The van der Waals surface area contributed by atoms with Crippen molar-refractivity contribution in [2.75, 3.05) is 37.3 Å². The van der Waals surface area contributed by atoms with Crippen LogP contribution in [0.3, 0.4) is 0 Å². The van der Waals surface area contributed by atoms with Crippen LogP contribution in [0, 0.1) is 6.92 Å². The first-order valence-electron chi connectivity index (χ1n) is 6.83. The molecule has 1 aliphatic rings. The number of piperazine rings is 1. The lowest BCUT2D eigenvalue weighted by Gasteiger charge is -2.34. The standard InChI is InChI=1S/C13H22N4O2S/c1-10(2)13-14-11(3)9-12(15-13)16-5-7-17(8-6-16)20(4,18)19/h9-10H,5-8H2,1-4H3. The summed E-state index contributed by atoms with van der Waals surface area (Å²) >= 11 is 0. The molecule has 2 rings (SSSR count). The Bertz CT molecular complexity index is 578. The van der Waals surface area contributed by atoms with Crippen molar-refractivity contribution >= 4 is 15.8 Å². The molecule has 1 saturated heterocycles. The van der Waals surface area contributed by atoms with Crippen LogP contribution in [0.15, 0.2) is 6.07 Å². The summed E-state index contributed by atoms with van der Waals surface area (Å²) in [6, 6.07) is 1.96. The minimum absolute atomic E-state index is 0.283. The van der Waals surface area contributed by atoms with Crippen molar-refractivity contribution < 1.29 is 8.42 Å². The second-order valence-corrected chi connectivity index (χ2v) is 7.51. The Labute approximate surface area is 120 Å². The van der Waals surface area contributed by atoms with Crippen molar-refractivity contribution in [1.29, 1.82) is 0 Å². The molecule has 1 fully saturated rings. The number of sulfonamides is 1. The zero-order valence-electron chi connectivity index (χ0n) is 12.5. The summed E-state index contributed by atoms with van der Waals surface area (Å²) in [7, 11) is -3.09. The summed E-state index contributed by atoms with van der Waals surface area (Å²) < 4.78 is 24.5. The molecular formula is C13H22N4O2S. The van der Waals surface area contributed by atoms with Gasteiger partial charge < -0.3 is 4.90 Å². The topological polar surface area (TPSA) is 66.4 Å². The fraction of sp³-hybridized carbons (Fsp3) is 0.692. The highest BCUT2D eigenvalue weighted by Gasteiger charge is 2.24. The third-order valence-corrected chi connectivity index (χ3v) is 4.71. The van der Waals surface area contributed by atoms with Gasteiger partial charge in [-0.3, -0.25) is 0 Å². The van der Waals surface area contributed by atoms with Crippen molar-refractivity contribution in [3.8, 4) is 0 Å². The van der Waals surface area contributed by atoms with Gasteiger partial charge in [0.25, 0.3) is 0 Å². The van der Waals surface area contributed by atoms with Gasteiger partial charge in [-0.15, -0.1) is 0 Å². The van der Waals surface area contributed by atoms with E-state index in [0.717, 1.165) is 17.3 Å². The molecule has 1 aliphatic heterocycles. The van der Waals surface area contributed by atoms with E-state index in [0.29, 0.717) is 26.2 Å². The molecular weight excluding hydrogens is 276 g/mol. The van der Waals surface area contributed by atoms with Gasteiger partial charge in [0.15, 0.2) is 0 Å². The molecule has 0 atom stereocenters. The van der Waals surface area contributed by atoms with Gasteiger partial charge in [-0.1, -0.05) is 13.8 Å². The SMILES string of the molecule is Cc1cc(N2CCN(S(C)(=O)=O)CC2)nc(C(C)C)n1. The van der Waals surface area contributed by atoms with E-state index in [1.54, 1.807) is 0 Å². The minimum Gasteiger partial charge on any atom is -0.354 e. The molecule has 0 unspecified atom stereocenters. The molecule has 6 nitrogen and oxygen atoms in total. The molecule has 0 aromatic carbocycles. The van der Waals surface area contributed by atoms with Gasteiger partial charge in [0.05, 0.1) is 6.26 Å². The molecule has 20 heavy (non-hydrogen) atoms. The maximum Gasteiger partial charge on any atom is 0.211 e. The highest BCUT2D eigenvalue weighted by molar-refractivity contribution is 7.88. The first-order chi connectivity index (χ1) is 9.27. The van der Waals surface area contributed by atoms with E-state index in [9.17, 15) is 8.42 Å². The van der Waals surface area contributed by atoms with E-state index in [4.69, 9.17) is 0 Å². The zero-order valence-corrected chi connectivity index (χ0v) is 13.3. The molecule has 0 aliphatic carbocycles. The summed E-state index contributed by atoms with van der Waals surface area (Å²) in [4.78, 5) is 11.2. The van der Waals surface area contributed by atoms with Crippen LogP contribution in [0.5, 0.6) is 0 Å². The zero-order chi connectivity index (χ0) is 14.9.